The normalized spacial score (nSPS) is 17.4. The maximum absolute atomic E-state index is 12.2. The van der Waals surface area contributed by atoms with E-state index in [0.29, 0.717) is 11.3 Å². The van der Waals surface area contributed by atoms with E-state index in [4.69, 9.17) is 5.11 Å². The number of anilines is 1. The van der Waals surface area contributed by atoms with Gasteiger partial charge >= 0.3 is 5.97 Å². The number of carbonyl (C=O) groups is 2. The Kier molecular flexibility index (Phi) is 4.77. The maximum Gasteiger partial charge on any atom is 0.310 e. The van der Waals surface area contributed by atoms with Gasteiger partial charge in [0, 0.05) is 11.6 Å². The fraction of sp³-hybridized carbons (Fsp3) is 0.500. The van der Waals surface area contributed by atoms with Crippen molar-refractivity contribution >= 4 is 17.6 Å². The standard InChI is InChI=1S/C16H21NO3/c1-11(16(19)20)13-8-5-9-14(10-13)17-15(18)12-6-3-2-4-7-12/h5,8-12H,2-4,6-7H2,1H3,(H,17,18)(H,19,20). The van der Waals surface area contributed by atoms with Gasteiger partial charge < -0.3 is 10.4 Å². The van der Waals surface area contributed by atoms with Crippen molar-refractivity contribution in [2.24, 2.45) is 5.92 Å². The van der Waals surface area contributed by atoms with Crippen LogP contribution in [-0.4, -0.2) is 17.0 Å². The highest BCUT2D eigenvalue weighted by Gasteiger charge is 2.21. The molecule has 108 valence electrons. The zero-order chi connectivity index (χ0) is 14.5. The van der Waals surface area contributed by atoms with Crippen molar-refractivity contribution in [3.8, 4) is 0 Å². The molecule has 0 saturated heterocycles. The predicted octanol–water partition coefficient (Wildman–Crippen LogP) is 3.39. The number of nitrogens with one attached hydrogen (secondary N) is 1. The Bertz CT molecular complexity index is 492. The molecule has 20 heavy (non-hydrogen) atoms. The zero-order valence-corrected chi connectivity index (χ0v) is 11.8. The fourth-order valence-electron chi connectivity index (χ4n) is 2.64. The Morgan fingerprint density at radius 2 is 1.95 bits per heavy atom. The smallest absolute Gasteiger partial charge is 0.310 e. The van der Waals surface area contributed by atoms with E-state index in [9.17, 15) is 9.59 Å². The lowest BCUT2D eigenvalue weighted by molar-refractivity contribution is -0.138. The second kappa shape index (κ2) is 6.55. The molecule has 1 aromatic carbocycles. The van der Waals surface area contributed by atoms with Gasteiger partial charge in [-0.25, -0.2) is 0 Å². The van der Waals surface area contributed by atoms with Crippen LogP contribution in [0.4, 0.5) is 5.69 Å². The van der Waals surface area contributed by atoms with Gasteiger partial charge in [0.25, 0.3) is 0 Å². The first-order valence-electron chi connectivity index (χ1n) is 7.21. The van der Waals surface area contributed by atoms with E-state index in [2.05, 4.69) is 5.32 Å². The molecule has 1 saturated carbocycles. The molecule has 0 bridgehead atoms. The van der Waals surface area contributed by atoms with Crippen molar-refractivity contribution in [1.82, 2.24) is 0 Å². The molecular formula is C16H21NO3. The van der Waals surface area contributed by atoms with Crippen LogP contribution in [0.5, 0.6) is 0 Å². The maximum atomic E-state index is 12.2. The molecule has 1 fully saturated rings. The van der Waals surface area contributed by atoms with Gasteiger partial charge in [0.05, 0.1) is 5.92 Å². The summed E-state index contributed by atoms with van der Waals surface area (Å²) in [5.41, 5.74) is 1.39. The lowest BCUT2D eigenvalue weighted by atomic mass is 9.88. The SMILES string of the molecule is CC(C(=O)O)c1cccc(NC(=O)C2CCCCC2)c1. The molecule has 0 heterocycles. The number of rotatable bonds is 4. The Hall–Kier alpha value is -1.84. The van der Waals surface area contributed by atoms with E-state index >= 15 is 0 Å². The Morgan fingerprint density at radius 1 is 1.25 bits per heavy atom. The molecule has 0 spiro atoms. The quantitative estimate of drug-likeness (QED) is 0.885. The summed E-state index contributed by atoms with van der Waals surface area (Å²) in [6.07, 6.45) is 5.37. The van der Waals surface area contributed by atoms with Crippen molar-refractivity contribution in [1.29, 1.82) is 0 Å². The van der Waals surface area contributed by atoms with Gasteiger partial charge in [-0.15, -0.1) is 0 Å². The van der Waals surface area contributed by atoms with E-state index < -0.39 is 11.9 Å². The van der Waals surface area contributed by atoms with Gasteiger partial charge in [-0.1, -0.05) is 31.4 Å². The molecular weight excluding hydrogens is 254 g/mol. The van der Waals surface area contributed by atoms with Crippen molar-refractivity contribution in [2.45, 2.75) is 44.9 Å². The first-order chi connectivity index (χ1) is 9.58. The summed E-state index contributed by atoms with van der Waals surface area (Å²) in [7, 11) is 0. The summed E-state index contributed by atoms with van der Waals surface area (Å²) in [5.74, 6) is -1.27. The van der Waals surface area contributed by atoms with Crippen LogP contribution in [0.25, 0.3) is 0 Å². The first kappa shape index (κ1) is 14.6. The summed E-state index contributed by atoms with van der Waals surface area (Å²) in [4.78, 5) is 23.1. The Labute approximate surface area is 119 Å². The number of aliphatic carboxylic acids is 1. The first-order valence-corrected chi connectivity index (χ1v) is 7.21. The minimum atomic E-state index is -0.860. The summed E-state index contributed by atoms with van der Waals surface area (Å²) < 4.78 is 0. The number of carbonyl (C=O) groups excluding carboxylic acids is 1. The summed E-state index contributed by atoms with van der Waals surface area (Å²) in [6, 6.07) is 7.11. The third-order valence-corrected chi connectivity index (χ3v) is 4.00. The van der Waals surface area contributed by atoms with E-state index in [1.807, 2.05) is 0 Å². The van der Waals surface area contributed by atoms with Crippen molar-refractivity contribution in [3.05, 3.63) is 29.8 Å². The molecule has 0 radical (unpaired) electrons. The molecule has 1 amide bonds. The molecule has 2 N–H and O–H groups in total. The summed E-state index contributed by atoms with van der Waals surface area (Å²) >= 11 is 0. The molecule has 1 aliphatic carbocycles. The van der Waals surface area contributed by atoms with Crippen molar-refractivity contribution in [3.63, 3.8) is 0 Å². The van der Waals surface area contributed by atoms with Gasteiger partial charge in [0.15, 0.2) is 0 Å². The lowest BCUT2D eigenvalue weighted by Gasteiger charge is -2.21. The van der Waals surface area contributed by atoms with Crippen molar-refractivity contribution in [2.75, 3.05) is 5.32 Å². The average Bonchev–Trinajstić information content (AvgIpc) is 2.47. The molecule has 0 aliphatic heterocycles. The molecule has 1 aromatic rings. The van der Waals surface area contributed by atoms with Gasteiger partial charge in [0.2, 0.25) is 5.91 Å². The Morgan fingerprint density at radius 3 is 2.60 bits per heavy atom. The monoisotopic (exact) mass is 275 g/mol. The third kappa shape index (κ3) is 3.59. The summed E-state index contributed by atoms with van der Waals surface area (Å²) in [6.45, 7) is 1.64. The largest absolute Gasteiger partial charge is 0.481 e. The molecule has 1 unspecified atom stereocenters. The number of hydrogen-bond acceptors (Lipinski definition) is 2. The average molecular weight is 275 g/mol. The van der Waals surface area contributed by atoms with E-state index in [1.54, 1.807) is 31.2 Å². The van der Waals surface area contributed by atoms with Gasteiger partial charge in [0.1, 0.15) is 0 Å². The number of amides is 1. The number of benzene rings is 1. The number of carboxylic acid groups (broad SMARTS) is 1. The highest BCUT2D eigenvalue weighted by atomic mass is 16.4. The summed E-state index contributed by atoms with van der Waals surface area (Å²) in [5, 5.41) is 11.9. The fourth-order valence-corrected chi connectivity index (χ4v) is 2.64. The van der Waals surface area contributed by atoms with Crippen LogP contribution in [0.15, 0.2) is 24.3 Å². The van der Waals surface area contributed by atoms with Crippen LogP contribution in [0.1, 0.15) is 50.5 Å². The second-order valence-electron chi connectivity index (χ2n) is 5.51. The molecule has 4 heteroatoms. The molecule has 4 nitrogen and oxygen atoms in total. The minimum absolute atomic E-state index is 0.0600. The van der Waals surface area contributed by atoms with Gasteiger partial charge in [-0.05, 0) is 37.5 Å². The minimum Gasteiger partial charge on any atom is -0.481 e. The predicted molar refractivity (Wildman–Crippen MR) is 77.7 cm³/mol. The molecule has 1 aliphatic rings. The topological polar surface area (TPSA) is 66.4 Å². The molecule has 0 aromatic heterocycles. The third-order valence-electron chi connectivity index (χ3n) is 4.00. The second-order valence-corrected chi connectivity index (χ2v) is 5.51. The van der Waals surface area contributed by atoms with Crippen molar-refractivity contribution < 1.29 is 14.7 Å². The zero-order valence-electron chi connectivity index (χ0n) is 11.8. The van der Waals surface area contributed by atoms with Crippen LogP contribution in [-0.2, 0) is 9.59 Å². The number of carboxylic acids is 1. The van der Waals surface area contributed by atoms with Crippen LogP contribution >= 0.6 is 0 Å². The van der Waals surface area contributed by atoms with E-state index in [-0.39, 0.29) is 11.8 Å². The highest BCUT2D eigenvalue weighted by Crippen LogP contribution is 2.26. The van der Waals surface area contributed by atoms with Crippen LogP contribution in [0.2, 0.25) is 0 Å². The Balaban J connectivity index is 2.03. The van der Waals surface area contributed by atoms with Crippen LogP contribution in [0, 0.1) is 5.92 Å². The highest BCUT2D eigenvalue weighted by molar-refractivity contribution is 5.92. The van der Waals surface area contributed by atoms with Crippen LogP contribution < -0.4 is 5.32 Å². The van der Waals surface area contributed by atoms with Crippen LogP contribution in [0.3, 0.4) is 0 Å². The molecule has 1 atom stereocenters. The van der Waals surface area contributed by atoms with E-state index in [1.165, 1.54) is 6.42 Å². The lowest BCUT2D eigenvalue weighted by Crippen LogP contribution is -2.24. The molecule has 2 rings (SSSR count). The van der Waals surface area contributed by atoms with Gasteiger partial charge in [-0.2, -0.15) is 0 Å². The van der Waals surface area contributed by atoms with Gasteiger partial charge in [-0.3, -0.25) is 9.59 Å². The van der Waals surface area contributed by atoms with E-state index in [0.717, 1.165) is 25.7 Å². The number of hydrogen-bond donors (Lipinski definition) is 2.